The Balaban J connectivity index is 1.57. The van der Waals surface area contributed by atoms with E-state index >= 15 is 0 Å². The highest BCUT2D eigenvalue weighted by atomic mass is 16.5. The topological polar surface area (TPSA) is 86.9 Å². The molecule has 170 valence electrons. The van der Waals surface area contributed by atoms with Crippen molar-refractivity contribution >= 4 is 5.91 Å². The predicted molar refractivity (Wildman–Crippen MR) is 119 cm³/mol. The number of ether oxygens (including phenoxy) is 3. The van der Waals surface area contributed by atoms with Crippen LogP contribution in [0.15, 0.2) is 53.1 Å². The Kier molecular flexibility index (Phi) is 8.21. The van der Waals surface area contributed by atoms with Crippen LogP contribution < -0.4 is 9.47 Å². The van der Waals surface area contributed by atoms with E-state index in [0.29, 0.717) is 42.8 Å². The first-order valence-corrected chi connectivity index (χ1v) is 10.5. The van der Waals surface area contributed by atoms with Gasteiger partial charge in [-0.05, 0) is 37.6 Å². The highest BCUT2D eigenvalue weighted by Crippen LogP contribution is 2.31. The lowest BCUT2D eigenvalue weighted by Crippen LogP contribution is -2.40. The summed E-state index contributed by atoms with van der Waals surface area (Å²) >= 11 is 0. The number of nitrogens with zero attached hydrogens (tertiary/aromatic N) is 3. The molecule has 1 amide bonds. The number of benzene rings is 2. The van der Waals surface area contributed by atoms with Crippen LogP contribution >= 0.6 is 0 Å². The third-order valence-corrected chi connectivity index (χ3v) is 4.96. The molecule has 1 heterocycles. The van der Waals surface area contributed by atoms with Crippen LogP contribution in [-0.4, -0.2) is 54.4 Å². The normalized spacial score (nSPS) is 10.9. The molecule has 1 aromatic heterocycles. The van der Waals surface area contributed by atoms with Crippen LogP contribution in [0.25, 0.3) is 11.4 Å². The lowest BCUT2D eigenvalue weighted by molar-refractivity contribution is -0.138. The summed E-state index contributed by atoms with van der Waals surface area (Å²) < 4.78 is 21.6. The van der Waals surface area contributed by atoms with Crippen molar-refractivity contribution < 1.29 is 23.5 Å². The largest absolute Gasteiger partial charge is 0.493 e. The van der Waals surface area contributed by atoms with Gasteiger partial charge in [0.25, 0.3) is 0 Å². The SMILES string of the molecule is COc1ccc(-c2noc(CCN(C(=O)COCc3ccccc3)C(C)C)n2)cc1OC. The molecule has 0 saturated heterocycles. The van der Waals surface area contributed by atoms with Crippen LogP contribution in [0.3, 0.4) is 0 Å². The van der Waals surface area contributed by atoms with Gasteiger partial charge in [0.2, 0.25) is 17.6 Å². The molecule has 3 rings (SSSR count). The van der Waals surface area contributed by atoms with E-state index in [4.69, 9.17) is 18.7 Å². The van der Waals surface area contributed by atoms with Crippen molar-refractivity contribution in [1.29, 1.82) is 0 Å². The molecule has 0 saturated carbocycles. The van der Waals surface area contributed by atoms with Gasteiger partial charge in [-0.1, -0.05) is 35.5 Å². The first kappa shape index (κ1) is 23.3. The Bertz CT molecular complexity index is 1000. The van der Waals surface area contributed by atoms with E-state index in [-0.39, 0.29) is 18.6 Å². The van der Waals surface area contributed by atoms with E-state index < -0.39 is 0 Å². The molecular formula is C24H29N3O5. The van der Waals surface area contributed by atoms with Gasteiger partial charge >= 0.3 is 0 Å². The minimum Gasteiger partial charge on any atom is -0.493 e. The number of hydrogen-bond donors (Lipinski definition) is 0. The fourth-order valence-electron chi connectivity index (χ4n) is 3.25. The van der Waals surface area contributed by atoms with Crippen LogP contribution in [0.1, 0.15) is 25.3 Å². The van der Waals surface area contributed by atoms with E-state index in [1.54, 1.807) is 31.3 Å². The van der Waals surface area contributed by atoms with E-state index in [1.165, 1.54) is 0 Å². The highest BCUT2D eigenvalue weighted by molar-refractivity contribution is 5.77. The van der Waals surface area contributed by atoms with Gasteiger partial charge in [0.05, 0.1) is 20.8 Å². The van der Waals surface area contributed by atoms with Crippen LogP contribution in [-0.2, 0) is 22.6 Å². The number of carbonyl (C=O) groups is 1. The molecule has 8 heteroatoms. The molecule has 0 unspecified atom stereocenters. The van der Waals surface area contributed by atoms with E-state index in [9.17, 15) is 4.79 Å². The fourth-order valence-corrected chi connectivity index (χ4v) is 3.25. The summed E-state index contributed by atoms with van der Waals surface area (Å²) in [6.07, 6.45) is 0.447. The molecule has 0 bridgehead atoms. The summed E-state index contributed by atoms with van der Waals surface area (Å²) in [6, 6.07) is 15.2. The number of methoxy groups -OCH3 is 2. The molecule has 0 spiro atoms. The zero-order chi connectivity index (χ0) is 22.9. The number of aromatic nitrogens is 2. The van der Waals surface area contributed by atoms with Crippen LogP contribution in [0.2, 0.25) is 0 Å². The Labute approximate surface area is 188 Å². The van der Waals surface area contributed by atoms with Crippen LogP contribution in [0, 0.1) is 0 Å². The molecule has 0 atom stereocenters. The second-order valence-electron chi connectivity index (χ2n) is 7.49. The molecule has 3 aromatic rings. The van der Waals surface area contributed by atoms with Crippen molar-refractivity contribution in [2.24, 2.45) is 0 Å². The zero-order valence-corrected chi connectivity index (χ0v) is 18.9. The second-order valence-corrected chi connectivity index (χ2v) is 7.49. The molecule has 32 heavy (non-hydrogen) atoms. The van der Waals surface area contributed by atoms with E-state index in [1.807, 2.05) is 50.2 Å². The van der Waals surface area contributed by atoms with Gasteiger partial charge in [0.15, 0.2) is 11.5 Å². The Morgan fingerprint density at radius 1 is 1.06 bits per heavy atom. The first-order valence-electron chi connectivity index (χ1n) is 10.5. The summed E-state index contributed by atoms with van der Waals surface area (Å²) in [6.45, 7) is 4.82. The number of rotatable bonds is 11. The van der Waals surface area contributed by atoms with E-state index in [0.717, 1.165) is 11.1 Å². The van der Waals surface area contributed by atoms with Gasteiger partial charge in [-0.15, -0.1) is 0 Å². The minimum atomic E-state index is -0.0736. The number of hydrogen-bond acceptors (Lipinski definition) is 7. The Morgan fingerprint density at radius 2 is 1.81 bits per heavy atom. The fraction of sp³-hybridized carbons (Fsp3) is 0.375. The zero-order valence-electron chi connectivity index (χ0n) is 18.9. The lowest BCUT2D eigenvalue weighted by Gasteiger charge is -2.26. The molecule has 8 nitrogen and oxygen atoms in total. The summed E-state index contributed by atoms with van der Waals surface area (Å²) in [5, 5.41) is 4.06. The first-order chi connectivity index (χ1) is 15.5. The van der Waals surface area contributed by atoms with Crippen molar-refractivity contribution in [3.05, 3.63) is 60.0 Å². The maximum absolute atomic E-state index is 12.7. The quantitative estimate of drug-likeness (QED) is 0.450. The summed E-state index contributed by atoms with van der Waals surface area (Å²) in [5.74, 6) is 2.05. The van der Waals surface area contributed by atoms with Crippen LogP contribution in [0.5, 0.6) is 11.5 Å². The van der Waals surface area contributed by atoms with Crippen molar-refractivity contribution in [2.45, 2.75) is 32.9 Å². The van der Waals surface area contributed by atoms with Gasteiger partial charge in [-0.3, -0.25) is 4.79 Å². The second kappa shape index (κ2) is 11.3. The maximum Gasteiger partial charge on any atom is 0.248 e. The van der Waals surface area contributed by atoms with Gasteiger partial charge in [0, 0.05) is 24.6 Å². The molecule has 0 aliphatic heterocycles. The van der Waals surface area contributed by atoms with E-state index in [2.05, 4.69) is 10.1 Å². The molecular weight excluding hydrogens is 410 g/mol. The molecule has 0 radical (unpaired) electrons. The lowest BCUT2D eigenvalue weighted by atomic mass is 10.2. The Hall–Kier alpha value is -3.39. The van der Waals surface area contributed by atoms with Crippen molar-refractivity contribution in [2.75, 3.05) is 27.4 Å². The molecule has 0 fully saturated rings. The number of carbonyl (C=O) groups excluding carboxylic acids is 1. The van der Waals surface area contributed by atoms with Gasteiger partial charge in [-0.2, -0.15) is 4.98 Å². The van der Waals surface area contributed by atoms with Gasteiger partial charge in [-0.25, -0.2) is 0 Å². The molecule has 0 aliphatic rings. The summed E-state index contributed by atoms with van der Waals surface area (Å²) in [4.78, 5) is 18.9. The minimum absolute atomic E-state index is 0.0216. The average Bonchev–Trinajstić information content (AvgIpc) is 3.28. The monoisotopic (exact) mass is 439 g/mol. The third kappa shape index (κ3) is 6.07. The molecule has 0 aliphatic carbocycles. The Morgan fingerprint density at radius 3 is 2.50 bits per heavy atom. The van der Waals surface area contributed by atoms with Crippen LogP contribution in [0.4, 0.5) is 0 Å². The van der Waals surface area contributed by atoms with Crippen molar-refractivity contribution in [3.8, 4) is 22.9 Å². The predicted octanol–water partition coefficient (Wildman–Crippen LogP) is 3.75. The molecule has 2 aromatic carbocycles. The third-order valence-electron chi connectivity index (χ3n) is 4.96. The molecule has 0 N–H and O–H groups in total. The van der Waals surface area contributed by atoms with Crippen molar-refractivity contribution in [1.82, 2.24) is 15.0 Å². The number of amides is 1. The van der Waals surface area contributed by atoms with Gasteiger partial charge < -0.3 is 23.6 Å². The van der Waals surface area contributed by atoms with Crippen molar-refractivity contribution in [3.63, 3.8) is 0 Å². The van der Waals surface area contributed by atoms with Gasteiger partial charge in [0.1, 0.15) is 6.61 Å². The maximum atomic E-state index is 12.7. The average molecular weight is 440 g/mol. The summed E-state index contributed by atoms with van der Waals surface area (Å²) in [5.41, 5.74) is 1.79. The highest BCUT2D eigenvalue weighted by Gasteiger charge is 2.19. The smallest absolute Gasteiger partial charge is 0.248 e. The summed E-state index contributed by atoms with van der Waals surface area (Å²) in [7, 11) is 3.16. The standard InChI is InChI=1S/C24H29N3O5/c1-17(2)27(23(28)16-31-15-18-8-6-5-7-9-18)13-12-22-25-24(26-32-22)19-10-11-20(29-3)21(14-19)30-4/h5-11,14,17H,12-13,15-16H2,1-4H3.